The number of rotatable bonds is 7. The summed E-state index contributed by atoms with van der Waals surface area (Å²) in [7, 11) is -5.08. The van der Waals surface area contributed by atoms with Gasteiger partial charge < -0.3 is 10.6 Å². The van der Waals surface area contributed by atoms with Gasteiger partial charge in [0, 0.05) is 19.2 Å². The van der Waals surface area contributed by atoms with Crippen LogP contribution in [0.4, 0.5) is 24.7 Å². The Kier molecular flexibility index (Phi) is 6.75. The highest BCUT2D eigenvalue weighted by Gasteiger charge is 2.69. The summed E-state index contributed by atoms with van der Waals surface area (Å²) in [5.41, 5.74) is -7.12. The van der Waals surface area contributed by atoms with Crippen LogP contribution in [0.25, 0.3) is 0 Å². The van der Waals surface area contributed by atoms with E-state index in [2.05, 4.69) is 5.32 Å². The predicted molar refractivity (Wildman–Crippen MR) is 129 cm³/mol. The molecule has 0 saturated heterocycles. The van der Waals surface area contributed by atoms with Crippen LogP contribution in [-0.2, 0) is 38.1 Å². The zero-order valence-electron chi connectivity index (χ0n) is 19.5. The summed E-state index contributed by atoms with van der Waals surface area (Å²) < 4.78 is 72.0. The molecule has 4 rings (SSSR count). The number of aromatic amines is 1. The van der Waals surface area contributed by atoms with E-state index in [1.807, 2.05) is 5.32 Å². The lowest BCUT2D eigenvalue weighted by atomic mass is 9.93. The number of nitrogens with zero attached hydrogens (tertiary/aromatic N) is 1. The maximum absolute atomic E-state index is 14.6. The highest BCUT2D eigenvalue weighted by atomic mass is 32.2. The van der Waals surface area contributed by atoms with Crippen molar-refractivity contribution in [3.05, 3.63) is 86.6 Å². The maximum atomic E-state index is 14.6. The number of anilines is 2. The molecular weight excluding hydrogens is 531 g/mol. The van der Waals surface area contributed by atoms with Gasteiger partial charge in [0.1, 0.15) is 5.82 Å². The molecule has 2 aromatic carbocycles. The van der Waals surface area contributed by atoms with Crippen molar-refractivity contribution in [2.45, 2.75) is 36.5 Å². The number of carbonyl (C=O) groups is 2. The molecule has 0 aliphatic carbocycles. The van der Waals surface area contributed by atoms with Crippen LogP contribution in [0.1, 0.15) is 18.1 Å². The summed E-state index contributed by atoms with van der Waals surface area (Å²) in [6.45, 7) is 0.972. The molecule has 4 N–H and O–H groups in total. The van der Waals surface area contributed by atoms with Crippen molar-refractivity contribution in [3.8, 4) is 0 Å². The van der Waals surface area contributed by atoms with E-state index >= 15 is 0 Å². The molecule has 2 amide bonds. The van der Waals surface area contributed by atoms with Crippen LogP contribution < -0.4 is 26.6 Å². The van der Waals surface area contributed by atoms with Crippen molar-refractivity contribution in [3.63, 3.8) is 0 Å². The molecule has 1 atom stereocenters. The van der Waals surface area contributed by atoms with Gasteiger partial charge in [-0.1, -0.05) is 30.3 Å². The van der Waals surface area contributed by atoms with Gasteiger partial charge in [-0.25, -0.2) is 13.2 Å². The molecule has 1 aromatic heterocycles. The van der Waals surface area contributed by atoms with Gasteiger partial charge in [0.2, 0.25) is 21.5 Å². The van der Waals surface area contributed by atoms with E-state index in [1.165, 1.54) is 11.6 Å². The van der Waals surface area contributed by atoms with E-state index in [-0.39, 0.29) is 18.7 Å². The third-order valence-corrected chi connectivity index (χ3v) is 7.28. The number of hydrogen-bond donors (Lipinski definition) is 4. The zero-order valence-corrected chi connectivity index (χ0v) is 20.4. The molecular formula is C23H20F3N5O6S. The largest absolute Gasteiger partial charge is 0.421 e. The summed E-state index contributed by atoms with van der Waals surface area (Å²) >= 11 is 0. The molecule has 1 aliphatic heterocycles. The van der Waals surface area contributed by atoms with Crippen LogP contribution in [0.5, 0.6) is 0 Å². The van der Waals surface area contributed by atoms with Crippen LogP contribution in [-0.4, -0.2) is 36.0 Å². The minimum atomic E-state index is -5.64. The molecule has 3 aromatic rings. The monoisotopic (exact) mass is 551 g/mol. The Balaban J connectivity index is 1.81. The standard InChI is InChI=1S/C23H20F3N5O6S/c1-13(32)27-15-7-9-16(10-8-15)38(36,37)30-22(23(24,25)26)17-18(28-20(22)34)31(21(35)29-19(17)33)12-11-14-5-3-2-4-6-14/h2-10,30H,11-12H2,1H3,(H,27,32)(H,28,34)(H,29,33,35)/t22-/m0/s1. The fourth-order valence-electron chi connectivity index (χ4n) is 4.07. The first-order valence-corrected chi connectivity index (χ1v) is 12.5. The Morgan fingerprint density at radius 1 is 1.03 bits per heavy atom. The van der Waals surface area contributed by atoms with Gasteiger partial charge in [0.15, 0.2) is 0 Å². The lowest BCUT2D eigenvalue weighted by molar-refractivity contribution is -0.194. The van der Waals surface area contributed by atoms with Crippen molar-refractivity contribution in [2.24, 2.45) is 0 Å². The Labute approximate surface area is 212 Å². The first-order valence-electron chi connectivity index (χ1n) is 11.0. The molecule has 0 fully saturated rings. The Morgan fingerprint density at radius 3 is 2.24 bits per heavy atom. The molecule has 0 radical (unpaired) electrons. The van der Waals surface area contributed by atoms with E-state index in [4.69, 9.17) is 0 Å². The van der Waals surface area contributed by atoms with Crippen molar-refractivity contribution < 1.29 is 31.2 Å². The average Bonchev–Trinajstić information content (AvgIpc) is 3.12. The number of carbonyl (C=O) groups excluding carboxylic acids is 2. The van der Waals surface area contributed by atoms with Gasteiger partial charge in [-0.3, -0.25) is 23.9 Å². The SMILES string of the molecule is CC(=O)Nc1ccc(S(=O)(=O)N[C@]2(C(F)(F)F)C(=O)Nc3c2c(=O)[nH]c(=O)n3CCc2ccccc2)cc1. The number of nitrogens with one attached hydrogen (secondary N) is 4. The second kappa shape index (κ2) is 9.57. The quantitative estimate of drug-likeness (QED) is 0.348. The van der Waals surface area contributed by atoms with Crippen molar-refractivity contribution in [1.29, 1.82) is 0 Å². The molecule has 2 heterocycles. The molecule has 0 saturated carbocycles. The maximum Gasteiger partial charge on any atom is 0.421 e. The molecule has 0 unspecified atom stereocenters. The van der Waals surface area contributed by atoms with Crippen molar-refractivity contribution in [1.82, 2.24) is 14.3 Å². The summed E-state index contributed by atoms with van der Waals surface area (Å²) in [5, 5.41) is 4.27. The number of halogens is 3. The number of aryl methyl sites for hydroxylation is 1. The van der Waals surface area contributed by atoms with E-state index in [1.54, 1.807) is 35.3 Å². The van der Waals surface area contributed by atoms with Crippen LogP contribution in [0, 0.1) is 0 Å². The van der Waals surface area contributed by atoms with Crippen molar-refractivity contribution >= 4 is 33.3 Å². The molecule has 1 aliphatic rings. The normalized spacial score (nSPS) is 17.1. The third kappa shape index (κ3) is 4.72. The van der Waals surface area contributed by atoms with E-state index < -0.39 is 61.1 Å². The first kappa shape index (κ1) is 26.8. The smallest absolute Gasteiger partial charge is 0.326 e. The minimum Gasteiger partial charge on any atom is -0.326 e. The van der Waals surface area contributed by atoms with Crippen LogP contribution in [0.2, 0.25) is 0 Å². The molecule has 15 heteroatoms. The van der Waals surface area contributed by atoms with Crippen LogP contribution in [0.15, 0.2) is 69.1 Å². The zero-order chi connectivity index (χ0) is 27.9. The minimum absolute atomic E-state index is 0.153. The molecule has 11 nitrogen and oxygen atoms in total. The fraction of sp³-hybridized carbons (Fsp3) is 0.217. The van der Waals surface area contributed by atoms with Crippen LogP contribution >= 0.6 is 0 Å². The van der Waals surface area contributed by atoms with Crippen LogP contribution in [0.3, 0.4) is 0 Å². The summed E-state index contributed by atoms with van der Waals surface area (Å²) in [6, 6.07) is 12.7. The lowest BCUT2D eigenvalue weighted by Crippen LogP contribution is -2.61. The Hall–Kier alpha value is -4.24. The number of alkyl halides is 3. The van der Waals surface area contributed by atoms with Gasteiger partial charge in [0.05, 0.1) is 10.5 Å². The van der Waals surface area contributed by atoms with Gasteiger partial charge in [-0.15, -0.1) is 0 Å². The summed E-state index contributed by atoms with van der Waals surface area (Å²) in [4.78, 5) is 50.4. The lowest BCUT2D eigenvalue weighted by Gasteiger charge is -2.29. The van der Waals surface area contributed by atoms with Crippen molar-refractivity contribution in [2.75, 3.05) is 10.6 Å². The number of H-pyrrole nitrogens is 1. The first-order chi connectivity index (χ1) is 17.8. The second-order valence-corrected chi connectivity index (χ2v) is 10.1. The predicted octanol–water partition coefficient (Wildman–Crippen LogP) is 1.43. The second-order valence-electron chi connectivity index (χ2n) is 8.38. The van der Waals surface area contributed by atoms with E-state index in [9.17, 15) is 40.8 Å². The number of fused-ring (bicyclic) bond motifs is 1. The van der Waals surface area contributed by atoms with Gasteiger partial charge in [-0.05, 0) is 36.2 Å². The Bertz CT molecular complexity index is 1630. The topological polar surface area (TPSA) is 159 Å². The number of benzene rings is 2. The van der Waals surface area contributed by atoms with E-state index in [0.717, 1.165) is 28.8 Å². The highest BCUT2D eigenvalue weighted by Crippen LogP contribution is 2.45. The van der Waals surface area contributed by atoms with Gasteiger partial charge in [0.25, 0.3) is 11.5 Å². The molecule has 0 bridgehead atoms. The number of amides is 2. The van der Waals surface area contributed by atoms with Gasteiger partial charge >= 0.3 is 11.9 Å². The Morgan fingerprint density at radius 2 is 1.66 bits per heavy atom. The number of sulfonamides is 1. The number of hydrogen-bond acceptors (Lipinski definition) is 6. The number of aromatic nitrogens is 2. The molecule has 38 heavy (non-hydrogen) atoms. The van der Waals surface area contributed by atoms with E-state index in [0.29, 0.717) is 5.56 Å². The molecule has 0 spiro atoms. The highest BCUT2D eigenvalue weighted by molar-refractivity contribution is 7.89. The summed E-state index contributed by atoms with van der Waals surface area (Å²) in [6.07, 6.45) is -5.49. The van der Waals surface area contributed by atoms with Gasteiger partial charge in [-0.2, -0.15) is 17.9 Å². The summed E-state index contributed by atoms with van der Waals surface area (Å²) in [5.74, 6) is -3.13. The third-order valence-electron chi connectivity index (χ3n) is 5.81. The fourth-order valence-corrected chi connectivity index (χ4v) is 5.40. The molecule has 200 valence electrons. The average molecular weight is 552 g/mol.